The lowest BCUT2D eigenvalue weighted by Gasteiger charge is -2.21. The van der Waals surface area contributed by atoms with Gasteiger partial charge in [0.15, 0.2) is 5.82 Å². The zero-order valence-electron chi connectivity index (χ0n) is 17.9. The van der Waals surface area contributed by atoms with Gasteiger partial charge in [-0.05, 0) is 32.4 Å². The number of hydrogen-bond acceptors (Lipinski definition) is 6. The fourth-order valence-electron chi connectivity index (χ4n) is 2.53. The summed E-state index contributed by atoms with van der Waals surface area (Å²) >= 11 is 0. The number of hydrogen-bond donors (Lipinski definition) is 2. The molecule has 0 aliphatic rings. The highest BCUT2D eigenvalue weighted by Gasteiger charge is 2.24. The molecule has 2 N–H and O–H groups in total. The van der Waals surface area contributed by atoms with E-state index >= 15 is 0 Å². The first-order valence-corrected chi connectivity index (χ1v) is 11.0. The summed E-state index contributed by atoms with van der Waals surface area (Å²) in [5.41, 5.74) is -0.309. The molecule has 0 aliphatic heterocycles. The Labute approximate surface area is 172 Å². The van der Waals surface area contributed by atoms with Crippen LogP contribution in [0.3, 0.4) is 0 Å². The van der Waals surface area contributed by atoms with Crippen molar-refractivity contribution in [2.24, 2.45) is 0 Å². The van der Waals surface area contributed by atoms with Crippen molar-refractivity contribution in [2.45, 2.75) is 76.8 Å². The van der Waals surface area contributed by atoms with Crippen molar-refractivity contribution in [1.82, 2.24) is 20.2 Å². The molecule has 0 fully saturated rings. The number of benzene rings is 1. The maximum absolute atomic E-state index is 12.7. The van der Waals surface area contributed by atoms with Crippen molar-refractivity contribution in [1.29, 1.82) is 0 Å². The topological polar surface area (TPSA) is 114 Å². The Bertz CT molecular complexity index is 953. The third-order valence-electron chi connectivity index (χ3n) is 3.88. The highest BCUT2D eigenvalue weighted by Crippen LogP contribution is 2.19. The largest absolute Gasteiger partial charge is 0.352 e. The van der Waals surface area contributed by atoms with Gasteiger partial charge in [0.25, 0.3) is 0 Å². The molecule has 1 aromatic carbocycles. The van der Waals surface area contributed by atoms with Gasteiger partial charge in [0.1, 0.15) is 0 Å². The van der Waals surface area contributed by atoms with Crippen LogP contribution in [0.5, 0.6) is 0 Å². The molecule has 9 heteroatoms. The first-order chi connectivity index (χ1) is 13.3. The molecule has 1 aromatic heterocycles. The van der Waals surface area contributed by atoms with Crippen molar-refractivity contribution in [2.75, 3.05) is 0 Å². The Hall–Kier alpha value is -2.26. The standard InChI is InChI=1S/C20H30N4O4S/c1-19(2,3)18-22-17(28-23-18)12-11-16(25)21-13-14-9-7-8-10-15(14)29(26,27)24-20(4,5)6/h7-10,24H,11-13H2,1-6H3,(H,21,25). The van der Waals surface area contributed by atoms with Crippen LogP contribution in [0.1, 0.15) is 65.2 Å². The Kier molecular flexibility index (Phi) is 6.85. The van der Waals surface area contributed by atoms with Crippen molar-refractivity contribution in [3.8, 4) is 0 Å². The van der Waals surface area contributed by atoms with Crippen LogP contribution >= 0.6 is 0 Å². The Morgan fingerprint density at radius 1 is 1.10 bits per heavy atom. The predicted octanol–water partition coefficient (Wildman–Crippen LogP) is 2.69. The number of sulfonamides is 1. The zero-order chi connectivity index (χ0) is 21.9. The average Bonchev–Trinajstić information content (AvgIpc) is 3.05. The third-order valence-corrected chi connectivity index (χ3v) is 5.74. The molecule has 0 radical (unpaired) electrons. The van der Waals surface area contributed by atoms with E-state index in [4.69, 9.17) is 4.52 Å². The number of carbonyl (C=O) groups is 1. The summed E-state index contributed by atoms with van der Waals surface area (Å²) in [4.78, 5) is 16.7. The van der Waals surface area contributed by atoms with Gasteiger partial charge in [-0.25, -0.2) is 13.1 Å². The molecule has 0 unspecified atom stereocenters. The molecule has 0 aliphatic carbocycles. The minimum atomic E-state index is -3.70. The summed E-state index contributed by atoms with van der Waals surface area (Å²) < 4.78 is 33.1. The van der Waals surface area contributed by atoms with Crippen LogP contribution in [-0.4, -0.2) is 30.0 Å². The first-order valence-electron chi connectivity index (χ1n) is 9.49. The minimum absolute atomic E-state index is 0.108. The van der Waals surface area contributed by atoms with Gasteiger partial charge < -0.3 is 9.84 Å². The molecule has 29 heavy (non-hydrogen) atoms. The van der Waals surface area contributed by atoms with E-state index in [-0.39, 0.29) is 29.2 Å². The summed E-state index contributed by atoms with van der Waals surface area (Å²) in [6.45, 7) is 11.4. The van der Waals surface area contributed by atoms with Crippen molar-refractivity contribution in [3.63, 3.8) is 0 Å². The minimum Gasteiger partial charge on any atom is -0.352 e. The second-order valence-electron chi connectivity index (χ2n) is 9.00. The van der Waals surface area contributed by atoms with E-state index in [1.165, 1.54) is 6.07 Å². The Balaban J connectivity index is 1.98. The van der Waals surface area contributed by atoms with Gasteiger partial charge in [-0.1, -0.05) is 44.1 Å². The van der Waals surface area contributed by atoms with Crippen LogP contribution in [0.15, 0.2) is 33.7 Å². The Morgan fingerprint density at radius 3 is 2.34 bits per heavy atom. The van der Waals surface area contributed by atoms with E-state index in [9.17, 15) is 13.2 Å². The third kappa shape index (κ3) is 6.93. The molecular formula is C20H30N4O4S. The molecule has 0 atom stereocenters. The fourth-order valence-corrected chi connectivity index (χ4v) is 4.19. The van der Waals surface area contributed by atoms with Crippen molar-refractivity contribution >= 4 is 15.9 Å². The van der Waals surface area contributed by atoms with E-state index in [1.807, 2.05) is 20.8 Å². The monoisotopic (exact) mass is 422 g/mol. The fraction of sp³-hybridized carbons (Fsp3) is 0.550. The molecule has 2 aromatic rings. The molecule has 8 nitrogen and oxygen atoms in total. The second-order valence-corrected chi connectivity index (χ2v) is 10.7. The van der Waals surface area contributed by atoms with Crippen LogP contribution in [0.2, 0.25) is 0 Å². The summed E-state index contributed by atoms with van der Waals surface area (Å²) in [6.07, 6.45) is 0.487. The predicted molar refractivity (Wildman–Crippen MR) is 110 cm³/mol. The van der Waals surface area contributed by atoms with Gasteiger partial charge in [-0.2, -0.15) is 4.98 Å². The SMILES string of the molecule is CC(C)(C)NS(=O)(=O)c1ccccc1CNC(=O)CCc1nc(C(C)(C)C)no1. The number of nitrogens with zero attached hydrogens (tertiary/aromatic N) is 2. The highest BCUT2D eigenvalue weighted by molar-refractivity contribution is 7.89. The van der Waals surface area contributed by atoms with E-state index in [0.717, 1.165) is 0 Å². The molecule has 2 rings (SSSR count). The summed E-state index contributed by atoms with van der Waals surface area (Å²) in [6, 6.07) is 6.61. The first kappa shape index (κ1) is 23.0. The maximum atomic E-state index is 12.7. The molecule has 0 bridgehead atoms. The van der Waals surface area contributed by atoms with E-state index in [0.29, 0.717) is 23.7 Å². The van der Waals surface area contributed by atoms with Crippen molar-refractivity contribution in [3.05, 3.63) is 41.5 Å². The summed E-state index contributed by atoms with van der Waals surface area (Å²) in [5.74, 6) is 0.775. The quantitative estimate of drug-likeness (QED) is 0.709. The van der Waals surface area contributed by atoms with Crippen LogP contribution in [0.25, 0.3) is 0 Å². The van der Waals surface area contributed by atoms with Gasteiger partial charge in [-0.3, -0.25) is 4.79 Å². The van der Waals surface area contributed by atoms with Gasteiger partial charge in [0.2, 0.25) is 21.8 Å². The number of nitrogens with one attached hydrogen (secondary N) is 2. The lowest BCUT2D eigenvalue weighted by molar-refractivity contribution is -0.121. The van der Waals surface area contributed by atoms with Crippen LogP contribution < -0.4 is 10.0 Å². The lowest BCUT2D eigenvalue weighted by atomic mass is 9.96. The van der Waals surface area contributed by atoms with Gasteiger partial charge in [0.05, 0.1) is 4.90 Å². The van der Waals surface area contributed by atoms with Crippen LogP contribution in [-0.2, 0) is 33.2 Å². The highest BCUT2D eigenvalue weighted by atomic mass is 32.2. The maximum Gasteiger partial charge on any atom is 0.241 e. The van der Waals surface area contributed by atoms with Crippen LogP contribution in [0, 0.1) is 0 Å². The van der Waals surface area contributed by atoms with E-state index in [2.05, 4.69) is 20.2 Å². The van der Waals surface area contributed by atoms with Crippen LogP contribution in [0.4, 0.5) is 0 Å². The number of aromatic nitrogens is 2. The smallest absolute Gasteiger partial charge is 0.241 e. The molecule has 160 valence electrons. The number of amides is 1. The second kappa shape index (κ2) is 8.62. The van der Waals surface area contributed by atoms with Gasteiger partial charge in [-0.15, -0.1) is 0 Å². The normalized spacial score (nSPS) is 12.8. The molecule has 1 amide bonds. The number of aryl methyl sites for hydroxylation is 1. The molecular weight excluding hydrogens is 392 g/mol. The average molecular weight is 423 g/mol. The molecule has 0 saturated heterocycles. The van der Waals surface area contributed by atoms with Crippen molar-refractivity contribution < 1.29 is 17.7 Å². The van der Waals surface area contributed by atoms with E-state index in [1.54, 1.807) is 39.0 Å². The summed E-state index contributed by atoms with van der Waals surface area (Å²) in [7, 11) is -3.70. The molecule has 0 saturated carbocycles. The molecule has 0 spiro atoms. The summed E-state index contributed by atoms with van der Waals surface area (Å²) in [5, 5.41) is 6.70. The zero-order valence-corrected chi connectivity index (χ0v) is 18.7. The molecule has 1 heterocycles. The lowest BCUT2D eigenvalue weighted by Crippen LogP contribution is -2.41. The van der Waals surface area contributed by atoms with Gasteiger partial charge >= 0.3 is 0 Å². The van der Waals surface area contributed by atoms with E-state index < -0.39 is 15.6 Å². The number of carbonyl (C=O) groups excluding carboxylic acids is 1. The van der Waals surface area contributed by atoms with Gasteiger partial charge in [0, 0.05) is 30.3 Å². The number of rotatable bonds is 7. The Morgan fingerprint density at radius 2 is 1.76 bits per heavy atom.